The van der Waals surface area contributed by atoms with E-state index in [4.69, 9.17) is 0 Å². The highest BCUT2D eigenvalue weighted by Gasteiger charge is 2.38. The predicted molar refractivity (Wildman–Crippen MR) is 83.3 cm³/mol. The lowest BCUT2D eigenvalue weighted by Gasteiger charge is -2.24. The van der Waals surface area contributed by atoms with Crippen LogP contribution in [0.1, 0.15) is 32.1 Å². The number of rotatable bonds is 3. The summed E-state index contributed by atoms with van der Waals surface area (Å²) in [7, 11) is -3.31. The zero-order valence-electron chi connectivity index (χ0n) is 12.6. The van der Waals surface area contributed by atoms with Crippen LogP contribution in [0.5, 0.6) is 0 Å². The summed E-state index contributed by atoms with van der Waals surface area (Å²) < 4.78 is 22.7. The Hall–Kier alpha value is -1.47. The second-order valence-corrected chi connectivity index (χ2v) is 8.22. The Bertz CT molecular complexity index is 643. The van der Waals surface area contributed by atoms with Gasteiger partial charge in [-0.2, -0.15) is 0 Å². The van der Waals surface area contributed by atoms with Crippen LogP contribution in [0.25, 0.3) is 0 Å². The van der Waals surface area contributed by atoms with Crippen molar-refractivity contribution in [2.45, 2.75) is 49.2 Å². The first kappa shape index (κ1) is 15.4. The lowest BCUT2D eigenvalue weighted by atomic mass is 9.85. The normalized spacial score (nSPS) is 28.1. The summed E-state index contributed by atoms with van der Waals surface area (Å²) >= 11 is 0. The van der Waals surface area contributed by atoms with Crippen molar-refractivity contribution in [2.75, 3.05) is 11.6 Å². The molecule has 1 aromatic rings. The van der Waals surface area contributed by atoms with Crippen molar-refractivity contribution in [1.29, 1.82) is 0 Å². The Morgan fingerprint density at radius 1 is 1.32 bits per heavy atom. The van der Waals surface area contributed by atoms with Crippen LogP contribution in [0.2, 0.25) is 0 Å². The van der Waals surface area contributed by atoms with Crippen LogP contribution in [0.3, 0.4) is 0 Å². The zero-order chi connectivity index (χ0) is 15.7. The Labute approximate surface area is 130 Å². The number of carbonyl (C=O) groups is 1. The van der Waals surface area contributed by atoms with E-state index in [1.165, 1.54) is 31.5 Å². The molecule has 6 nitrogen and oxygen atoms in total. The number of anilines is 1. The summed E-state index contributed by atoms with van der Waals surface area (Å²) in [4.78, 5) is 16.2. The Kier molecular flexibility index (Phi) is 4.18. The van der Waals surface area contributed by atoms with Gasteiger partial charge in [-0.3, -0.25) is 4.79 Å². The first-order valence-corrected chi connectivity index (χ1v) is 9.55. The number of hydrogen-bond donors (Lipinski definition) is 2. The van der Waals surface area contributed by atoms with Crippen LogP contribution >= 0.6 is 0 Å². The van der Waals surface area contributed by atoms with Gasteiger partial charge in [-0.1, -0.05) is 12.8 Å². The standard InChI is InChI=1S/C15H21N3O3S/c1-22(20,21)14-7-6-11(9-16-14)17-15(19)13-8-10-4-2-3-5-12(10)18-13/h6-7,9-10,12-13,18H,2-5,8H2,1H3,(H,17,19). The molecule has 3 unspecified atom stereocenters. The van der Waals surface area contributed by atoms with Gasteiger partial charge >= 0.3 is 0 Å². The maximum atomic E-state index is 12.3. The molecule has 0 aromatic carbocycles. The van der Waals surface area contributed by atoms with Crippen LogP contribution in [-0.4, -0.2) is 37.6 Å². The molecule has 3 atom stereocenters. The number of hydrogen-bond acceptors (Lipinski definition) is 5. The smallest absolute Gasteiger partial charge is 0.241 e. The third-order valence-electron chi connectivity index (χ3n) is 4.56. The molecule has 7 heteroatoms. The van der Waals surface area contributed by atoms with Gasteiger partial charge < -0.3 is 10.6 Å². The fourth-order valence-electron chi connectivity index (χ4n) is 3.42. The molecular formula is C15H21N3O3S. The first-order valence-electron chi connectivity index (χ1n) is 7.66. The van der Waals surface area contributed by atoms with Crippen LogP contribution in [0.4, 0.5) is 5.69 Å². The van der Waals surface area contributed by atoms with Crippen LogP contribution in [0, 0.1) is 5.92 Å². The third-order valence-corrected chi connectivity index (χ3v) is 5.56. The summed E-state index contributed by atoms with van der Waals surface area (Å²) in [5.41, 5.74) is 0.522. The number of pyridine rings is 1. The van der Waals surface area contributed by atoms with Gasteiger partial charge in [0.25, 0.3) is 0 Å². The van der Waals surface area contributed by atoms with Crippen LogP contribution in [-0.2, 0) is 14.6 Å². The molecule has 1 saturated carbocycles. The van der Waals surface area contributed by atoms with Crippen molar-refractivity contribution in [1.82, 2.24) is 10.3 Å². The molecule has 120 valence electrons. The minimum atomic E-state index is -3.31. The Morgan fingerprint density at radius 2 is 2.09 bits per heavy atom. The summed E-state index contributed by atoms with van der Waals surface area (Å²) in [6.45, 7) is 0. The first-order chi connectivity index (χ1) is 10.4. The number of nitrogens with one attached hydrogen (secondary N) is 2. The molecule has 0 spiro atoms. The minimum Gasteiger partial charge on any atom is -0.323 e. The molecule has 3 rings (SSSR count). The highest BCUT2D eigenvalue weighted by Crippen LogP contribution is 2.33. The minimum absolute atomic E-state index is 0.00973. The van der Waals surface area contributed by atoms with E-state index in [0.717, 1.165) is 19.1 Å². The average molecular weight is 323 g/mol. The molecular weight excluding hydrogens is 302 g/mol. The number of aromatic nitrogens is 1. The topological polar surface area (TPSA) is 88.2 Å². The molecule has 1 aromatic heterocycles. The SMILES string of the molecule is CS(=O)(=O)c1ccc(NC(=O)C2CC3CCCCC3N2)cn1. The largest absolute Gasteiger partial charge is 0.323 e. The van der Waals surface area contributed by atoms with Crippen molar-refractivity contribution in [3.63, 3.8) is 0 Å². The second-order valence-electron chi connectivity index (χ2n) is 6.25. The molecule has 2 N–H and O–H groups in total. The number of sulfone groups is 1. The van der Waals surface area contributed by atoms with Gasteiger partial charge in [-0.05, 0) is 37.3 Å². The van der Waals surface area contributed by atoms with E-state index in [1.54, 1.807) is 6.07 Å². The third kappa shape index (κ3) is 3.30. The van der Waals surface area contributed by atoms with Crippen molar-refractivity contribution in [3.8, 4) is 0 Å². The highest BCUT2D eigenvalue weighted by molar-refractivity contribution is 7.90. The molecule has 0 radical (unpaired) electrons. The van der Waals surface area contributed by atoms with E-state index in [2.05, 4.69) is 15.6 Å². The number of fused-ring (bicyclic) bond motifs is 1. The number of amides is 1. The average Bonchev–Trinajstić information content (AvgIpc) is 2.91. The molecule has 1 aliphatic carbocycles. The van der Waals surface area contributed by atoms with Crippen molar-refractivity contribution < 1.29 is 13.2 Å². The predicted octanol–water partition coefficient (Wildman–Crippen LogP) is 1.34. The molecule has 1 saturated heterocycles. The quantitative estimate of drug-likeness (QED) is 0.876. The molecule has 2 fully saturated rings. The highest BCUT2D eigenvalue weighted by atomic mass is 32.2. The summed E-state index contributed by atoms with van der Waals surface area (Å²) in [5.74, 6) is 0.540. The zero-order valence-corrected chi connectivity index (χ0v) is 13.4. The van der Waals surface area contributed by atoms with Gasteiger partial charge in [0, 0.05) is 12.3 Å². The van der Waals surface area contributed by atoms with Crippen LogP contribution < -0.4 is 10.6 Å². The molecule has 0 bridgehead atoms. The second kappa shape index (κ2) is 5.96. The maximum absolute atomic E-state index is 12.3. The van der Waals surface area contributed by atoms with E-state index in [1.807, 2.05) is 0 Å². The lowest BCUT2D eigenvalue weighted by Crippen LogP contribution is -2.39. The maximum Gasteiger partial charge on any atom is 0.241 e. The van der Waals surface area contributed by atoms with E-state index >= 15 is 0 Å². The van der Waals surface area contributed by atoms with Gasteiger partial charge in [0.2, 0.25) is 5.91 Å². The van der Waals surface area contributed by atoms with E-state index in [0.29, 0.717) is 17.6 Å². The van der Waals surface area contributed by atoms with E-state index < -0.39 is 9.84 Å². The fourth-order valence-corrected chi connectivity index (χ4v) is 3.98. The monoisotopic (exact) mass is 323 g/mol. The number of nitrogens with zero attached hydrogens (tertiary/aromatic N) is 1. The Morgan fingerprint density at radius 3 is 2.73 bits per heavy atom. The van der Waals surface area contributed by atoms with Crippen molar-refractivity contribution in [2.24, 2.45) is 5.92 Å². The van der Waals surface area contributed by atoms with Gasteiger partial charge in [0.15, 0.2) is 14.9 Å². The van der Waals surface area contributed by atoms with Gasteiger partial charge in [0.05, 0.1) is 17.9 Å². The summed E-state index contributed by atoms with van der Waals surface area (Å²) in [6.07, 6.45) is 8.22. The summed E-state index contributed by atoms with van der Waals surface area (Å²) in [5, 5.41) is 6.24. The molecule has 22 heavy (non-hydrogen) atoms. The number of carbonyl (C=O) groups excluding carboxylic acids is 1. The lowest BCUT2D eigenvalue weighted by molar-refractivity contribution is -0.117. The van der Waals surface area contributed by atoms with E-state index in [-0.39, 0.29) is 17.0 Å². The van der Waals surface area contributed by atoms with Gasteiger partial charge in [-0.15, -0.1) is 0 Å². The fraction of sp³-hybridized carbons (Fsp3) is 0.600. The van der Waals surface area contributed by atoms with Crippen LogP contribution in [0.15, 0.2) is 23.4 Å². The van der Waals surface area contributed by atoms with Gasteiger partial charge in [0.1, 0.15) is 0 Å². The molecule has 2 heterocycles. The molecule has 2 aliphatic rings. The van der Waals surface area contributed by atoms with Gasteiger partial charge in [-0.25, -0.2) is 13.4 Å². The van der Waals surface area contributed by atoms with Crippen molar-refractivity contribution >= 4 is 21.4 Å². The Balaban J connectivity index is 1.62. The molecule has 1 aliphatic heterocycles. The van der Waals surface area contributed by atoms with E-state index in [9.17, 15) is 13.2 Å². The van der Waals surface area contributed by atoms with Crippen molar-refractivity contribution in [3.05, 3.63) is 18.3 Å². The summed E-state index contributed by atoms with van der Waals surface area (Å²) in [6, 6.07) is 3.29. The molecule has 1 amide bonds.